The zero-order valence-corrected chi connectivity index (χ0v) is 10.0. The molecule has 0 aromatic rings. The van der Waals surface area contributed by atoms with E-state index in [0.29, 0.717) is 5.84 Å². The van der Waals surface area contributed by atoms with Gasteiger partial charge in [-0.25, -0.2) is 9.79 Å². The fraction of sp³-hybridized carbons (Fsp3) is 0.500. The number of nitrogens with zero attached hydrogens (tertiary/aromatic N) is 2. The summed E-state index contributed by atoms with van der Waals surface area (Å²) in [5.74, 6) is -0.160. The van der Waals surface area contributed by atoms with Crippen molar-refractivity contribution in [2.24, 2.45) is 27.4 Å². The van der Waals surface area contributed by atoms with Crippen molar-refractivity contribution in [2.45, 2.75) is 13.8 Å². The monoisotopic (exact) mass is 226 g/mol. The number of rotatable bonds is 4. The van der Waals surface area contributed by atoms with Gasteiger partial charge in [0, 0.05) is 19.2 Å². The van der Waals surface area contributed by atoms with Gasteiger partial charge < -0.3 is 16.2 Å². The minimum atomic E-state index is -0.598. The second kappa shape index (κ2) is 6.60. The van der Waals surface area contributed by atoms with Crippen LogP contribution in [0.25, 0.3) is 0 Å². The Labute approximate surface area is 95.1 Å². The van der Waals surface area contributed by atoms with Crippen molar-refractivity contribution in [3.63, 3.8) is 0 Å². The Morgan fingerprint density at radius 2 is 2.00 bits per heavy atom. The molecule has 6 nitrogen and oxygen atoms in total. The highest BCUT2D eigenvalue weighted by molar-refractivity contribution is 6.43. The molecule has 0 atom stereocenters. The Morgan fingerprint density at radius 1 is 1.44 bits per heavy atom. The Bertz CT molecular complexity index is 343. The van der Waals surface area contributed by atoms with Crippen molar-refractivity contribution in [3.05, 3.63) is 11.9 Å². The highest BCUT2D eigenvalue weighted by Crippen LogP contribution is 2.04. The smallest absolute Gasteiger partial charge is 0.358 e. The SMILES string of the molecule is CN=C(C(=O)OC)/C(=C\N)N=C(N)C(C)C. The van der Waals surface area contributed by atoms with E-state index >= 15 is 0 Å². The summed E-state index contributed by atoms with van der Waals surface area (Å²) in [7, 11) is 2.72. The predicted molar refractivity (Wildman–Crippen MR) is 64.1 cm³/mol. The average Bonchev–Trinajstić information content (AvgIpc) is 2.27. The van der Waals surface area contributed by atoms with Crippen LogP contribution in [0.15, 0.2) is 21.9 Å². The van der Waals surface area contributed by atoms with E-state index in [1.807, 2.05) is 13.8 Å². The lowest BCUT2D eigenvalue weighted by molar-refractivity contribution is -0.132. The number of carbonyl (C=O) groups is 1. The first-order valence-corrected chi connectivity index (χ1v) is 4.79. The average molecular weight is 226 g/mol. The Balaban J connectivity index is 5.17. The van der Waals surface area contributed by atoms with E-state index in [9.17, 15) is 4.79 Å². The van der Waals surface area contributed by atoms with Crippen molar-refractivity contribution in [1.29, 1.82) is 0 Å². The summed E-state index contributed by atoms with van der Waals surface area (Å²) in [6.07, 6.45) is 1.18. The van der Waals surface area contributed by atoms with E-state index in [1.54, 1.807) is 0 Å². The highest BCUT2D eigenvalue weighted by Gasteiger charge is 2.16. The second-order valence-electron chi connectivity index (χ2n) is 3.31. The molecular formula is C10H18N4O2. The van der Waals surface area contributed by atoms with Crippen LogP contribution in [-0.2, 0) is 9.53 Å². The molecule has 0 amide bonds. The Morgan fingerprint density at radius 3 is 2.31 bits per heavy atom. The molecule has 0 aliphatic carbocycles. The molecule has 0 rings (SSSR count). The van der Waals surface area contributed by atoms with Crippen molar-refractivity contribution in [2.75, 3.05) is 14.2 Å². The summed E-state index contributed by atoms with van der Waals surface area (Å²) in [5.41, 5.74) is 11.3. The maximum absolute atomic E-state index is 11.3. The third-order valence-corrected chi connectivity index (χ3v) is 1.84. The van der Waals surface area contributed by atoms with Crippen LogP contribution < -0.4 is 11.5 Å². The van der Waals surface area contributed by atoms with Gasteiger partial charge in [0.15, 0.2) is 5.71 Å². The number of esters is 1. The topological polar surface area (TPSA) is 103 Å². The van der Waals surface area contributed by atoms with Crippen molar-refractivity contribution < 1.29 is 9.53 Å². The van der Waals surface area contributed by atoms with E-state index < -0.39 is 5.97 Å². The molecule has 0 heterocycles. The summed E-state index contributed by atoms with van der Waals surface area (Å²) in [5, 5.41) is 0. The lowest BCUT2D eigenvalue weighted by atomic mass is 10.2. The summed E-state index contributed by atoms with van der Waals surface area (Å²) in [4.78, 5) is 19.1. The molecule has 0 saturated carbocycles. The van der Waals surface area contributed by atoms with Gasteiger partial charge in [-0.1, -0.05) is 13.8 Å². The Kier molecular flexibility index (Phi) is 5.84. The maximum Gasteiger partial charge on any atom is 0.358 e. The molecule has 0 aromatic heterocycles. The first-order valence-electron chi connectivity index (χ1n) is 4.79. The first-order chi connectivity index (χ1) is 7.47. The van der Waals surface area contributed by atoms with E-state index in [4.69, 9.17) is 11.5 Å². The minimum Gasteiger partial charge on any atom is -0.464 e. The number of carbonyl (C=O) groups excluding carboxylic acids is 1. The summed E-state index contributed by atoms with van der Waals surface area (Å²) in [6, 6.07) is 0. The molecular weight excluding hydrogens is 208 g/mol. The van der Waals surface area contributed by atoms with Gasteiger partial charge >= 0.3 is 5.97 Å². The van der Waals surface area contributed by atoms with Crippen LogP contribution in [0.4, 0.5) is 0 Å². The fourth-order valence-corrected chi connectivity index (χ4v) is 0.844. The standard InChI is InChI=1S/C10H18N4O2/c1-6(2)9(12)14-7(5-11)8(13-3)10(15)16-4/h5-6H,11H2,1-4H3,(H2,12,14)/b7-5+,13-8?. The van der Waals surface area contributed by atoms with Gasteiger partial charge in [-0.05, 0) is 0 Å². The molecule has 0 spiro atoms. The predicted octanol–water partition coefficient (Wildman–Crippen LogP) is 0.0435. The second-order valence-corrected chi connectivity index (χ2v) is 3.31. The number of nitrogens with two attached hydrogens (primary N) is 2. The number of methoxy groups -OCH3 is 1. The van der Waals surface area contributed by atoms with Crippen LogP contribution in [0.3, 0.4) is 0 Å². The van der Waals surface area contributed by atoms with Gasteiger partial charge in [0.05, 0.1) is 7.11 Å². The van der Waals surface area contributed by atoms with Crippen LogP contribution in [0.2, 0.25) is 0 Å². The lowest BCUT2D eigenvalue weighted by Crippen LogP contribution is -2.23. The lowest BCUT2D eigenvalue weighted by Gasteiger charge is -2.07. The number of aliphatic imine (C=N–C) groups is 2. The number of ether oxygens (including phenoxy) is 1. The highest BCUT2D eigenvalue weighted by atomic mass is 16.5. The number of hydrogen-bond donors (Lipinski definition) is 2. The van der Waals surface area contributed by atoms with Crippen LogP contribution >= 0.6 is 0 Å². The molecule has 0 fully saturated rings. The molecule has 0 aromatic carbocycles. The van der Waals surface area contributed by atoms with Crippen molar-refractivity contribution in [3.8, 4) is 0 Å². The zero-order chi connectivity index (χ0) is 12.7. The summed E-state index contributed by atoms with van der Waals surface area (Å²) < 4.78 is 4.55. The van der Waals surface area contributed by atoms with E-state index in [-0.39, 0.29) is 17.3 Å². The van der Waals surface area contributed by atoms with Crippen molar-refractivity contribution in [1.82, 2.24) is 0 Å². The zero-order valence-electron chi connectivity index (χ0n) is 10.0. The van der Waals surface area contributed by atoms with Crippen LogP contribution in [-0.4, -0.2) is 31.7 Å². The molecule has 0 aliphatic heterocycles. The van der Waals surface area contributed by atoms with Crippen LogP contribution in [0.5, 0.6) is 0 Å². The maximum atomic E-state index is 11.3. The quantitative estimate of drug-likeness (QED) is 0.401. The van der Waals surface area contributed by atoms with E-state index in [1.165, 1.54) is 20.4 Å². The van der Waals surface area contributed by atoms with Gasteiger partial charge in [-0.2, -0.15) is 0 Å². The van der Waals surface area contributed by atoms with Crippen LogP contribution in [0.1, 0.15) is 13.8 Å². The molecule has 6 heteroatoms. The van der Waals surface area contributed by atoms with Gasteiger partial charge in [-0.3, -0.25) is 4.99 Å². The summed E-state index contributed by atoms with van der Waals surface area (Å²) in [6.45, 7) is 3.77. The molecule has 0 radical (unpaired) electrons. The normalized spacial score (nSPS) is 14.2. The number of hydrogen-bond acceptors (Lipinski definition) is 5. The Hall–Kier alpha value is -1.85. The molecule has 0 bridgehead atoms. The van der Waals surface area contributed by atoms with Crippen molar-refractivity contribution >= 4 is 17.5 Å². The van der Waals surface area contributed by atoms with Gasteiger partial charge in [0.25, 0.3) is 0 Å². The largest absolute Gasteiger partial charge is 0.464 e. The molecule has 0 aliphatic rings. The number of amidine groups is 1. The molecule has 4 N–H and O–H groups in total. The minimum absolute atomic E-state index is 0.0496. The van der Waals surface area contributed by atoms with Gasteiger partial charge in [-0.15, -0.1) is 0 Å². The van der Waals surface area contributed by atoms with Gasteiger partial charge in [0.1, 0.15) is 11.5 Å². The fourth-order valence-electron chi connectivity index (χ4n) is 0.844. The third kappa shape index (κ3) is 3.72. The third-order valence-electron chi connectivity index (χ3n) is 1.84. The first kappa shape index (κ1) is 14.2. The van der Waals surface area contributed by atoms with Gasteiger partial charge in [0.2, 0.25) is 0 Å². The molecule has 16 heavy (non-hydrogen) atoms. The summed E-state index contributed by atoms with van der Waals surface area (Å²) >= 11 is 0. The van der Waals surface area contributed by atoms with Crippen LogP contribution in [0, 0.1) is 5.92 Å². The molecule has 0 unspecified atom stereocenters. The van der Waals surface area contributed by atoms with E-state index in [0.717, 1.165) is 0 Å². The van der Waals surface area contributed by atoms with E-state index in [2.05, 4.69) is 14.7 Å². The molecule has 90 valence electrons. The molecule has 0 saturated heterocycles.